The molecule has 0 aliphatic heterocycles. The number of hydrogen-bond donors (Lipinski definition) is 3. The molecule has 0 saturated carbocycles. The van der Waals surface area contributed by atoms with Crippen molar-refractivity contribution in [2.75, 3.05) is 12.4 Å². The van der Waals surface area contributed by atoms with Crippen LogP contribution in [-0.2, 0) is 14.8 Å². The van der Waals surface area contributed by atoms with Crippen LogP contribution in [0.1, 0.15) is 20.3 Å². The monoisotopic (exact) mass is 301 g/mol. The van der Waals surface area contributed by atoms with Gasteiger partial charge in [-0.15, -0.1) is 0 Å². The van der Waals surface area contributed by atoms with E-state index in [-0.39, 0.29) is 10.6 Å². The number of primary sulfonamides is 1. The first-order chi connectivity index (χ1) is 9.11. The smallest absolute Gasteiger partial charge is 0.244 e. The Labute approximate surface area is 118 Å². The molecule has 0 spiro atoms. The Balaban J connectivity index is 3.19. The second kappa shape index (κ2) is 5.78. The molecule has 0 bridgehead atoms. The first-order valence-corrected chi connectivity index (χ1v) is 7.47. The van der Waals surface area contributed by atoms with E-state index in [0.29, 0.717) is 12.2 Å². The summed E-state index contributed by atoms with van der Waals surface area (Å²) < 4.78 is 27.7. The van der Waals surface area contributed by atoms with E-state index in [1.54, 1.807) is 13.8 Å². The summed E-state index contributed by atoms with van der Waals surface area (Å²) in [5, 5.41) is 7.61. The zero-order chi connectivity index (χ0) is 15.6. The number of nitrogens with one attached hydrogen (secondary N) is 1. The van der Waals surface area contributed by atoms with Crippen molar-refractivity contribution in [2.24, 2.45) is 10.9 Å². The Kier molecular flexibility index (Phi) is 4.74. The summed E-state index contributed by atoms with van der Waals surface area (Å²) in [6.45, 7) is 3.36. The Morgan fingerprint density at radius 1 is 1.45 bits per heavy atom. The van der Waals surface area contributed by atoms with Crippen molar-refractivity contribution in [3.8, 4) is 5.75 Å². The van der Waals surface area contributed by atoms with Crippen molar-refractivity contribution in [2.45, 2.75) is 30.7 Å². The molecule has 0 radical (unpaired) electrons. The van der Waals surface area contributed by atoms with Crippen molar-refractivity contribution >= 4 is 21.6 Å². The number of sulfonamides is 1. The van der Waals surface area contributed by atoms with Gasteiger partial charge in [0.25, 0.3) is 0 Å². The average Bonchev–Trinajstić information content (AvgIpc) is 2.37. The minimum Gasteiger partial charge on any atom is -0.495 e. The topological polar surface area (TPSA) is 125 Å². The van der Waals surface area contributed by atoms with Gasteiger partial charge in [-0.25, -0.2) is 13.6 Å². The summed E-state index contributed by atoms with van der Waals surface area (Å²) in [6, 6.07) is 3.94. The fourth-order valence-corrected chi connectivity index (χ4v) is 1.93. The lowest BCUT2D eigenvalue weighted by Gasteiger charge is -2.22. The van der Waals surface area contributed by atoms with Crippen molar-refractivity contribution in [1.29, 1.82) is 0 Å². The zero-order valence-electron chi connectivity index (χ0n) is 11.6. The molecule has 7 nitrogen and oxygen atoms in total. The Hall–Kier alpha value is -1.64. The quantitative estimate of drug-likeness (QED) is 0.726. The van der Waals surface area contributed by atoms with Crippen LogP contribution in [0, 0.1) is 0 Å². The van der Waals surface area contributed by atoms with E-state index in [1.807, 2.05) is 0 Å². The average molecular weight is 301 g/mol. The van der Waals surface area contributed by atoms with Gasteiger partial charge in [0.05, 0.1) is 23.2 Å². The van der Waals surface area contributed by atoms with Crippen LogP contribution < -0.4 is 20.9 Å². The highest BCUT2D eigenvalue weighted by Crippen LogP contribution is 2.27. The zero-order valence-corrected chi connectivity index (χ0v) is 12.5. The molecule has 1 amide bonds. The lowest BCUT2D eigenvalue weighted by Crippen LogP contribution is -2.47. The molecular weight excluding hydrogens is 282 g/mol. The van der Waals surface area contributed by atoms with Gasteiger partial charge in [-0.3, -0.25) is 4.79 Å². The van der Waals surface area contributed by atoms with E-state index >= 15 is 0 Å². The predicted octanol–water partition coefficient (Wildman–Crippen LogP) is 0.409. The van der Waals surface area contributed by atoms with E-state index in [1.165, 1.54) is 25.3 Å². The molecule has 1 rings (SSSR count). The van der Waals surface area contributed by atoms with Crippen LogP contribution in [0.4, 0.5) is 5.69 Å². The van der Waals surface area contributed by atoms with Crippen LogP contribution in [-0.4, -0.2) is 27.0 Å². The van der Waals surface area contributed by atoms with Gasteiger partial charge in [-0.1, -0.05) is 6.92 Å². The number of carbonyl (C=O) groups is 1. The Bertz CT molecular complexity index is 611. The lowest BCUT2D eigenvalue weighted by molar-refractivity contribution is -0.120. The number of hydrogen-bond acceptors (Lipinski definition) is 5. The largest absolute Gasteiger partial charge is 0.495 e. The van der Waals surface area contributed by atoms with Crippen LogP contribution >= 0.6 is 0 Å². The molecule has 0 aliphatic carbocycles. The number of rotatable bonds is 5. The van der Waals surface area contributed by atoms with E-state index in [2.05, 4.69) is 5.32 Å². The van der Waals surface area contributed by atoms with Gasteiger partial charge >= 0.3 is 0 Å². The fraction of sp³-hybridized carbons (Fsp3) is 0.417. The summed E-state index contributed by atoms with van der Waals surface area (Å²) in [4.78, 5) is 11.9. The van der Waals surface area contributed by atoms with Gasteiger partial charge < -0.3 is 15.8 Å². The van der Waals surface area contributed by atoms with Gasteiger partial charge in [0.1, 0.15) is 5.75 Å². The summed E-state index contributed by atoms with van der Waals surface area (Å²) in [5.74, 6) is -0.123. The number of benzene rings is 1. The normalized spacial score (nSPS) is 14.4. The second-order valence-electron chi connectivity index (χ2n) is 4.63. The molecule has 1 unspecified atom stereocenters. The van der Waals surface area contributed by atoms with Crippen LogP contribution in [0.2, 0.25) is 0 Å². The minimum absolute atomic E-state index is 0.121. The molecule has 20 heavy (non-hydrogen) atoms. The van der Waals surface area contributed by atoms with E-state index in [0.717, 1.165) is 0 Å². The molecule has 0 saturated heterocycles. The maximum atomic E-state index is 12.0. The molecule has 112 valence electrons. The molecule has 0 aliphatic rings. The first-order valence-electron chi connectivity index (χ1n) is 5.93. The highest BCUT2D eigenvalue weighted by atomic mass is 32.2. The molecule has 5 N–H and O–H groups in total. The lowest BCUT2D eigenvalue weighted by atomic mass is 9.99. The van der Waals surface area contributed by atoms with Gasteiger partial charge in [-0.05, 0) is 31.5 Å². The molecule has 1 atom stereocenters. The summed E-state index contributed by atoms with van der Waals surface area (Å²) in [6.07, 6.45) is 0.427. The molecule has 1 aromatic rings. The molecule has 8 heteroatoms. The minimum atomic E-state index is -3.87. The highest BCUT2D eigenvalue weighted by molar-refractivity contribution is 7.89. The number of carbonyl (C=O) groups excluding carboxylic acids is 1. The third-order valence-corrected chi connectivity index (χ3v) is 3.91. The van der Waals surface area contributed by atoms with E-state index in [9.17, 15) is 13.2 Å². The molecular formula is C12H19N3O4S. The summed E-state index contributed by atoms with van der Waals surface area (Å²) in [7, 11) is -2.46. The number of amides is 1. The van der Waals surface area contributed by atoms with Crippen molar-refractivity contribution < 1.29 is 17.9 Å². The molecule has 0 aromatic heterocycles. The third-order valence-electron chi connectivity index (χ3n) is 3.00. The van der Waals surface area contributed by atoms with Gasteiger partial charge in [0.15, 0.2) is 0 Å². The summed E-state index contributed by atoms with van der Waals surface area (Å²) >= 11 is 0. The first kappa shape index (κ1) is 16.4. The van der Waals surface area contributed by atoms with Gasteiger partial charge in [-0.2, -0.15) is 0 Å². The maximum Gasteiger partial charge on any atom is 0.244 e. The molecule has 0 heterocycles. The number of anilines is 1. The molecule has 0 fully saturated rings. The third kappa shape index (κ3) is 3.69. The van der Waals surface area contributed by atoms with Crippen molar-refractivity contribution in [3.05, 3.63) is 18.2 Å². The van der Waals surface area contributed by atoms with Crippen molar-refractivity contribution in [3.63, 3.8) is 0 Å². The Morgan fingerprint density at radius 2 is 2.05 bits per heavy atom. The summed E-state index contributed by atoms with van der Waals surface area (Å²) in [5.41, 5.74) is 4.96. The van der Waals surface area contributed by atoms with Crippen LogP contribution in [0.15, 0.2) is 23.1 Å². The maximum absolute atomic E-state index is 12.0. The van der Waals surface area contributed by atoms with Gasteiger partial charge in [0.2, 0.25) is 15.9 Å². The number of ether oxygens (including phenoxy) is 1. The molecule has 1 aromatic carbocycles. The number of nitrogens with two attached hydrogens (primary N) is 2. The second-order valence-corrected chi connectivity index (χ2v) is 6.19. The fourth-order valence-electron chi connectivity index (χ4n) is 1.39. The van der Waals surface area contributed by atoms with Crippen LogP contribution in [0.25, 0.3) is 0 Å². The van der Waals surface area contributed by atoms with Crippen LogP contribution in [0.3, 0.4) is 0 Å². The van der Waals surface area contributed by atoms with Gasteiger partial charge in [0, 0.05) is 0 Å². The predicted molar refractivity (Wildman–Crippen MR) is 75.9 cm³/mol. The van der Waals surface area contributed by atoms with Crippen molar-refractivity contribution in [1.82, 2.24) is 0 Å². The van der Waals surface area contributed by atoms with E-state index in [4.69, 9.17) is 15.6 Å². The van der Waals surface area contributed by atoms with E-state index < -0.39 is 21.5 Å². The van der Waals surface area contributed by atoms with Crippen LogP contribution in [0.5, 0.6) is 5.75 Å². The standard InChI is InChI=1S/C12H19N3O4S/c1-4-12(2,13)11(16)15-9-7-8(20(14,17)18)5-6-10(9)19-3/h5-7H,4,13H2,1-3H3,(H,15,16)(H2,14,17,18). The SMILES string of the molecule is CCC(C)(N)C(=O)Nc1cc(S(N)(=O)=O)ccc1OC. The Morgan fingerprint density at radius 3 is 2.50 bits per heavy atom. The number of methoxy groups -OCH3 is 1. The highest BCUT2D eigenvalue weighted by Gasteiger charge is 2.27.